The summed E-state index contributed by atoms with van der Waals surface area (Å²) < 4.78 is 80.3. The number of aliphatic imine (C=N–C) groups is 1. The van der Waals surface area contributed by atoms with E-state index in [0.717, 1.165) is 24.2 Å². The van der Waals surface area contributed by atoms with Gasteiger partial charge in [0.25, 0.3) is 0 Å². The van der Waals surface area contributed by atoms with Gasteiger partial charge in [0.2, 0.25) is 0 Å². The molecule has 1 rings (SSSR count). The number of esters is 1. The third-order valence-electron chi connectivity index (χ3n) is 5.48. The maximum absolute atomic E-state index is 12.5. The molecule has 0 aliphatic heterocycles. The topological polar surface area (TPSA) is 38.7 Å². The van der Waals surface area contributed by atoms with Gasteiger partial charge in [-0.25, -0.2) is 4.79 Å². The standard InChI is InChI=1S/C16H26O2S.C11H9F6N.C6H14/c1-6-9-11-14(16(17)18-13(4)5)15(10-7-2)19-12-8-3;1-6(18-2)7-3-8(10(12,13)14)5-9(4-7)11(15,16)17;1-3-5-6-4-2/h8,10-13H,6-7,9H2,1-5H3;3-5H,1-2H3;3-6H2,1-2H3/b12-8-,14-11+,15-10+;;. The van der Waals surface area contributed by atoms with Crippen LogP contribution in [0.4, 0.5) is 26.3 Å². The largest absolute Gasteiger partial charge is 0.459 e. The van der Waals surface area contributed by atoms with Crippen molar-refractivity contribution in [3.63, 3.8) is 0 Å². The second-order valence-electron chi connectivity index (χ2n) is 9.74. The summed E-state index contributed by atoms with van der Waals surface area (Å²) >= 11 is 1.57. The van der Waals surface area contributed by atoms with Gasteiger partial charge in [-0.2, -0.15) is 26.3 Å². The number of nitrogens with zero attached hydrogens (tertiary/aromatic N) is 1. The van der Waals surface area contributed by atoms with E-state index in [0.29, 0.717) is 17.7 Å². The number of allylic oxidation sites excluding steroid dienone is 3. The highest BCUT2D eigenvalue weighted by atomic mass is 32.2. The van der Waals surface area contributed by atoms with Gasteiger partial charge in [0.1, 0.15) is 0 Å². The summed E-state index contributed by atoms with van der Waals surface area (Å²) in [5.41, 5.74) is -2.07. The minimum Gasteiger partial charge on any atom is -0.459 e. The quantitative estimate of drug-likeness (QED) is 0.0572. The van der Waals surface area contributed by atoms with E-state index in [9.17, 15) is 31.1 Å². The summed E-state index contributed by atoms with van der Waals surface area (Å²) in [6, 6.07) is 1.39. The van der Waals surface area contributed by atoms with E-state index in [1.807, 2.05) is 38.3 Å². The Morgan fingerprint density at radius 2 is 1.42 bits per heavy atom. The molecule has 0 bridgehead atoms. The van der Waals surface area contributed by atoms with Crippen molar-refractivity contribution >= 4 is 23.4 Å². The molecular formula is C33H49F6NO2S. The first-order valence-electron chi connectivity index (χ1n) is 14.7. The number of carbonyl (C=O) groups excluding carboxylic acids is 1. The van der Waals surface area contributed by atoms with Crippen LogP contribution in [0.5, 0.6) is 0 Å². The molecule has 0 aliphatic rings. The van der Waals surface area contributed by atoms with Crippen LogP contribution in [0.25, 0.3) is 0 Å². The molecule has 0 heterocycles. The van der Waals surface area contributed by atoms with Gasteiger partial charge in [-0.05, 0) is 69.7 Å². The van der Waals surface area contributed by atoms with E-state index in [-0.39, 0.29) is 29.4 Å². The highest BCUT2D eigenvalue weighted by Crippen LogP contribution is 2.36. The molecule has 0 radical (unpaired) electrons. The van der Waals surface area contributed by atoms with Crippen LogP contribution in [-0.4, -0.2) is 24.8 Å². The summed E-state index contributed by atoms with van der Waals surface area (Å²) in [6.45, 7) is 15.7. The molecule has 0 spiro atoms. The molecule has 0 aliphatic carbocycles. The lowest BCUT2D eigenvalue weighted by Gasteiger charge is -2.14. The van der Waals surface area contributed by atoms with Crippen molar-refractivity contribution in [3.05, 3.63) is 69.0 Å². The Balaban J connectivity index is 0. The van der Waals surface area contributed by atoms with Gasteiger partial charge in [-0.15, -0.1) is 0 Å². The van der Waals surface area contributed by atoms with E-state index >= 15 is 0 Å². The fraction of sp³-hybridized carbons (Fsp3) is 0.576. The predicted octanol–water partition coefficient (Wildman–Crippen LogP) is 12.0. The number of carbonyl (C=O) groups is 1. The van der Waals surface area contributed by atoms with Crippen LogP contribution < -0.4 is 0 Å². The zero-order chi connectivity index (χ0) is 33.6. The van der Waals surface area contributed by atoms with Crippen molar-refractivity contribution in [3.8, 4) is 0 Å². The average Bonchev–Trinajstić information content (AvgIpc) is 2.93. The molecule has 3 nitrogen and oxygen atoms in total. The van der Waals surface area contributed by atoms with Crippen molar-refractivity contribution in [2.24, 2.45) is 4.99 Å². The lowest BCUT2D eigenvalue weighted by molar-refractivity contribution is -0.144. The van der Waals surface area contributed by atoms with Crippen molar-refractivity contribution < 1.29 is 35.9 Å². The van der Waals surface area contributed by atoms with Crippen molar-refractivity contribution in [2.75, 3.05) is 7.05 Å². The number of hydrogen-bond donors (Lipinski definition) is 0. The molecule has 0 saturated heterocycles. The second kappa shape index (κ2) is 23.0. The molecular weight excluding hydrogens is 588 g/mol. The fourth-order valence-electron chi connectivity index (χ4n) is 3.19. The molecule has 0 N–H and O–H groups in total. The first-order chi connectivity index (χ1) is 20.0. The Bertz CT molecular complexity index is 1020. The molecule has 10 heteroatoms. The van der Waals surface area contributed by atoms with Gasteiger partial charge in [-0.1, -0.05) is 89.8 Å². The third kappa shape index (κ3) is 19.4. The van der Waals surface area contributed by atoms with Gasteiger partial charge in [0.05, 0.1) is 22.8 Å². The van der Waals surface area contributed by atoms with E-state index < -0.39 is 23.5 Å². The minimum atomic E-state index is -4.83. The fourth-order valence-corrected chi connectivity index (χ4v) is 4.03. The monoisotopic (exact) mass is 637 g/mol. The predicted molar refractivity (Wildman–Crippen MR) is 169 cm³/mol. The summed E-state index contributed by atoms with van der Waals surface area (Å²) in [5.74, 6) is -0.222. The number of thioether (sulfide) groups is 1. The lowest BCUT2D eigenvalue weighted by Crippen LogP contribution is -2.14. The van der Waals surface area contributed by atoms with Crippen molar-refractivity contribution in [1.82, 2.24) is 0 Å². The summed E-state index contributed by atoms with van der Waals surface area (Å²) in [7, 11) is 1.29. The minimum absolute atomic E-state index is 0.0897. The van der Waals surface area contributed by atoms with Gasteiger partial charge >= 0.3 is 18.3 Å². The molecule has 0 saturated carbocycles. The molecule has 43 heavy (non-hydrogen) atoms. The Morgan fingerprint density at radius 1 is 0.907 bits per heavy atom. The first-order valence-corrected chi connectivity index (χ1v) is 15.5. The van der Waals surface area contributed by atoms with E-state index in [4.69, 9.17) is 4.74 Å². The zero-order valence-electron chi connectivity index (χ0n) is 27.0. The number of rotatable bonds is 12. The Morgan fingerprint density at radius 3 is 1.77 bits per heavy atom. The number of hydrogen-bond acceptors (Lipinski definition) is 4. The number of halogens is 6. The molecule has 246 valence electrons. The number of unbranched alkanes of at least 4 members (excludes halogenated alkanes) is 4. The number of benzene rings is 1. The number of alkyl halides is 6. The number of ether oxygens (including phenoxy) is 1. The van der Waals surface area contributed by atoms with Crippen LogP contribution in [0.1, 0.15) is 117 Å². The summed E-state index contributed by atoms with van der Waals surface area (Å²) in [4.78, 5) is 16.7. The molecule has 0 atom stereocenters. The van der Waals surface area contributed by atoms with E-state index in [1.165, 1.54) is 39.7 Å². The van der Waals surface area contributed by atoms with Crippen molar-refractivity contribution in [2.45, 2.75) is 119 Å². The molecule has 0 amide bonds. The van der Waals surface area contributed by atoms with E-state index in [2.05, 4.69) is 38.8 Å². The van der Waals surface area contributed by atoms with E-state index in [1.54, 1.807) is 11.8 Å². The molecule has 1 aromatic carbocycles. The zero-order valence-corrected chi connectivity index (χ0v) is 27.8. The highest BCUT2D eigenvalue weighted by Gasteiger charge is 2.37. The van der Waals surface area contributed by atoms with Crippen molar-refractivity contribution in [1.29, 1.82) is 0 Å². The summed E-state index contributed by atoms with van der Waals surface area (Å²) in [5, 5.41) is 1.99. The third-order valence-corrected chi connectivity index (χ3v) is 6.53. The Kier molecular flexibility index (Phi) is 22.8. The molecule has 1 aromatic rings. The van der Waals surface area contributed by atoms with Gasteiger partial charge in [0.15, 0.2) is 0 Å². The maximum atomic E-state index is 12.5. The van der Waals surface area contributed by atoms with Crippen LogP contribution >= 0.6 is 11.8 Å². The van der Waals surface area contributed by atoms with Gasteiger partial charge < -0.3 is 4.74 Å². The summed E-state index contributed by atoms with van der Waals surface area (Å²) in [6.07, 6.45) is 4.63. The van der Waals surface area contributed by atoms with Crippen LogP contribution in [0.3, 0.4) is 0 Å². The first kappa shape index (κ1) is 42.6. The second-order valence-corrected chi connectivity index (χ2v) is 10.7. The SMILES string of the molecule is C/C=C\SC(=C/CC)/C(=C\CCC)C(=O)OC(C)C.CCCCCC.CN=C(C)c1cc(C(F)(F)F)cc(C(F)(F)F)c1. The smallest absolute Gasteiger partial charge is 0.416 e. The van der Waals surface area contributed by atoms with Crippen LogP contribution in [0.2, 0.25) is 0 Å². The molecule has 0 aromatic heterocycles. The van der Waals surface area contributed by atoms with Crippen LogP contribution in [-0.2, 0) is 21.9 Å². The molecule has 0 fully saturated rings. The normalized spacial score (nSPS) is 13.0. The highest BCUT2D eigenvalue weighted by molar-refractivity contribution is 8.06. The lowest BCUT2D eigenvalue weighted by atomic mass is 10.0. The van der Waals surface area contributed by atoms with Crippen LogP contribution in [0.15, 0.2) is 57.3 Å². The average molecular weight is 638 g/mol. The molecule has 0 unspecified atom stereocenters. The Hall–Kier alpha value is -2.49. The Labute approximate surface area is 259 Å². The van der Waals surface area contributed by atoms with Gasteiger partial charge in [0, 0.05) is 17.7 Å². The van der Waals surface area contributed by atoms with Crippen LogP contribution in [0, 0.1) is 0 Å². The van der Waals surface area contributed by atoms with Gasteiger partial charge in [-0.3, -0.25) is 4.99 Å². The maximum Gasteiger partial charge on any atom is 0.416 e.